The standard InChI is InChI=1S/C25H20N2O4/c28-23-21-8-4-5-9-22(21)24(29)27(23)15-20-16-31-25(30)26(20)14-17-10-12-19(13-11-17)18-6-2-1-3-7-18/h1-13,20H,14-16H2. The third kappa shape index (κ3) is 3.46. The van der Waals surface area contributed by atoms with Gasteiger partial charge in [0.1, 0.15) is 6.61 Å². The molecule has 6 heteroatoms. The van der Waals surface area contributed by atoms with Crippen molar-refractivity contribution in [1.29, 1.82) is 0 Å². The van der Waals surface area contributed by atoms with Gasteiger partial charge in [0.2, 0.25) is 0 Å². The average molecular weight is 412 g/mol. The summed E-state index contributed by atoms with van der Waals surface area (Å²) in [4.78, 5) is 40.5. The highest BCUT2D eigenvalue weighted by Crippen LogP contribution is 2.26. The Balaban J connectivity index is 1.31. The number of fused-ring (bicyclic) bond motifs is 1. The van der Waals surface area contributed by atoms with E-state index >= 15 is 0 Å². The van der Waals surface area contributed by atoms with Crippen LogP contribution in [-0.4, -0.2) is 46.9 Å². The smallest absolute Gasteiger partial charge is 0.410 e. The minimum atomic E-state index is -0.436. The van der Waals surface area contributed by atoms with E-state index in [1.54, 1.807) is 29.2 Å². The molecule has 0 aliphatic carbocycles. The van der Waals surface area contributed by atoms with Gasteiger partial charge in [-0.2, -0.15) is 0 Å². The number of hydrogen-bond acceptors (Lipinski definition) is 4. The van der Waals surface area contributed by atoms with E-state index in [1.165, 1.54) is 4.90 Å². The molecular formula is C25H20N2O4. The summed E-state index contributed by atoms with van der Waals surface area (Å²) in [6, 6.07) is 24.4. The van der Waals surface area contributed by atoms with E-state index in [0.29, 0.717) is 17.7 Å². The summed E-state index contributed by atoms with van der Waals surface area (Å²) in [6.07, 6.45) is -0.436. The molecule has 5 rings (SSSR count). The van der Waals surface area contributed by atoms with Crippen molar-refractivity contribution in [3.63, 3.8) is 0 Å². The van der Waals surface area contributed by atoms with Gasteiger partial charge in [-0.1, -0.05) is 66.7 Å². The van der Waals surface area contributed by atoms with E-state index in [4.69, 9.17) is 4.74 Å². The van der Waals surface area contributed by atoms with E-state index in [1.807, 2.05) is 54.6 Å². The normalized spacial score (nSPS) is 17.8. The molecular weight excluding hydrogens is 392 g/mol. The van der Waals surface area contributed by atoms with Gasteiger partial charge in [-0.05, 0) is 28.8 Å². The maximum atomic E-state index is 12.7. The number of benzene rings is 3. The first kappa shape index (κ1) is 19.1. The second-order valence-corrected chi connectivity index (χ2v) is 7.69. The van der Waals surface area contributed by atoms with Gasteiger partial charge < -0.3 is 4.74 Å². The van der Waals surface area contributed by atoms with Gasteiger partial charge in [0.15, 0.2) is 0 Å². The van der Waals surface area contributed by atoms with E-state index in [-0.39, 0.29) is 31.0 Å². The number of rotatable bonds is 5. The van der Waals surface area contributed by atoms with E-state index in [9.17, 15) is 14.4 Å². The van der Waals surface area contributed by atoms with Crippen molar-refractivity contribution in [2.24, 2.45) is 0 Å². The Hall–Kier alpha value is -3.93. The quantitative estimate of drug-likeness (QED) is 0.595. The van der Waals surface area contributed by atoms with Gasteiger partial charge in [0.25, 0.3) is 11.8 Å². The second kappa shape index (κ2) is 7.72. The fourth-order valence-electron chi connectivity index (χ4n) is 4.08. The summed E-state index contributed by atoms with van der Waals surface area (Å²) in [5.74, 6) is -0.653. The zero-order valence-corrected chi connectivity index (χ0v) is 16.7. The molecule has 1 saturated heterocycles. The van der Waals surface area contributed by atoms with E-state index in [0.717, 1.165) is 16.7 Å². The lowest BCUT2D eigenvalue weighted by atomic mass is 10.0. The van der Waals surface area contributed by atoms with Crippen LogP contribution in [0.2, 0.25) is 0 Å². The summed E-state index contributed by atoms with van der Waals surface area (Å²) in [6.45, 7) is 0.607. The van der Waals surface area contributed by atoms with Crippen LogP contribution >= 0.6 is 0 Å². The Morgan fingerprint density at radius 2 is 1.32 bits per heavy atom. The van der Waals surface area contributed by atoms with Crippen LogP contribution in [0.3, 0.4) is 0 Å². The first-order valence-electron chi connectivity index (χ1n) is 10.1. The van der Waals surface area contributed by atoms with Gasteiger partial charge in [0.05, 0.1) is 23.7 Å². The molecule has 2 heterocycles. The highest BCUT2D eigenvalue weighted by Gasteiger charge is 2.41. The summed E-state index contributed by atoms with van der Waals surface area (Å²) in [7, 11) is 0. The third-order valence-corrected chi connectivity index (χ3v) is 5.76. The Labute approximate surface area is 179 Å². The molecule has 0 N–H and O–H groups in total. The predicted octanol–water partition coefficient (Wildman–Crippen LogP) is 3.97. The fourth-order valence-corrected chi connectivity index (χ4v) is 4.08. The molecule has 0 saturated carbocycles. The number of carbonyl (C=O) groups excluding carboxylic acids is 3. The van der Waals surface area contributed by atoms with Crippen molar-refractivity contribution in [2.45, 2.75) is 12.6 Å². The van der Waals surface area contributed by atoms with Crippen molar-refractivity contribution in [2.75, 3.05) is 13.2 Å². The molecule has 154 valence electrons. The third-order valence-electron chi connectivity index (χ3n) is 5.76. The first-order valence-corrected chi connectivity index (χ1v) is 10.1. The van der Waals surface area contributed by atoms with Crippen molar-refractivity contribution < 1.29 is 19.1 Å². The van der Waals surface area contributed by atoms with Gasteiger partial charge in [-0.25, -0.2) is 4.79 Å². The topological polar surface area (TPSA) is 66.9 Å². The zero-order valence-electron chi connectivity index (χ0n) is 16.7. The van der Waals surface area contributed by atoms with Gasteiger partial charge in [-0.15, -0.1) is 0 Å². The summed E-state index contributed by atoms with van der Waals surface area (Å²) < 4.78 is 5.24. The minimum Gasteiger partial charge on any atom is -0.447 e. The summed E-state index contributed by atoms with van der Waals surface area (Å²) in [5.41, 5.74) is 3.97. The fraction of sp³-hybridized carbons (Fsp3) is 0.160. The highest BCUT2D eigenvalue weighted by atomic mass is 16.6. The van der Waals surface area contributed by atoms with Crippen LogP contribution in [0, 0.1) is 0 Å². The number of nitrogens with zero attached hydrogens (tertiary/aromatic N) is 2. The lowest BCUT2D eigenvalue weighted by Gasteiger charge is -2.25. The van der Waals surface area contributed by atoms with Crippen molar-refractivity contribution in [3.8, 4) is 11.1 Å². The molecule has 0 bridgehead atoms. The Kier molecular flexibility index (Phi) is 4.75. The number of amides is 3. The lowest BCUT2D eigenvalue weighted by Crippen LogP contribution is -2.44. The molecule has 0 radical (unpaired) electrons. The molecule has 31 heavy (non-hydrogen) atoms. The molecule has 0 aromatic heterocycles. The summed E-state index contributed by atoms with van der Waals surface area (Å²) in [5, 5.41) is 0. The monoisotopic (exact) mass is 412 g/mol. The number of ether oxygens (including phenoxy) is 1. The maximum absolute atomic E-state index is 12.7. The zero-order chi connectivity index (χ0) is 21.4. The maximum Gasteiger partial charge on any atom is 0.410 e. The number of carbonyl (C=O) groups is 3. The van der Waals surface area contributed by atoms with E-state index < -0.39 is 6.09 Å². The van der Waals surface area contributed by atoms with Crippen LogP contribution in [0.25, 0.3) is 11.1 Å². The SMILES string of the molecule is O=C1c2ccccc2C(=O)N1CC1COC(=O)N1Cc1ccc(-c2ccccc2)cc1. The molecule has 1 atom stereocenters. The molecule has 0 spiro atoms. The minimum absolute atomic E-state index is 0.111. The lowest BCUT2D eigenvalue weighted by molar-refractivity contribution is 0.0616. The molecule has 2 aliphatic heterocycles. The second-order valence-electron chi connectivity index (χ2n) is 7.69. The van der Waals surface area contributed by atoms with Gasteiger partial charge in [0, 0.05) is 6.54 Å². The van der Waals surface area contributed by atoms with Crippen LogP contribution in [0.15, 0.2) is 78.9 Å². The Morgan fingerprint density at radius 1 is 0.742 bits per heavy atom. The van der Waals surface area contributed by atoms with Crippen LogP contribution in [-0.2, 0) is 11.3 Å². The summed E-state index contributed by atoms with van der Waals surface area (Å²) >= 11 is 0. The molecule has 3 aromatic rings. The van der Waals surface area contributed by atoms with Crippen molar-refractivity contribution in [3.05, 3.63) is 95.6 Å². The van der Waals surface area contributed by atoms with Crippen LogP contribution < -0.4 is 0 Å². The molecule has 3 amide bonds. The van der Waals surface area contributed by atoms with Gasteiger partial charge in [-0.3, -0.25) is 19.4 Å². The largest absolute Gasteiger partial charge is 0.447 e. The van der Waals surface area contributed by atoms with Crippen LogP contribution in [0.1, 0.15) is 26.3 Å². The molecule has 1 unspecified atom stereocenters. The Morgan fingerprint density at radius 3 is 1.97 bits per heavy atom. The van der Waals surface area contributed by atoms with Crippen molar-refractivity contribution in [1.82, 2.24) is 9.80 Å². The average Bonchev–Trinajstić information content (AvgIpc) is 3.27. The Bertz CT molecular complexity index is 1120. The van der Waals surface area contributed by atoms with Crippen LogP contribution in [0.5, 0.6) is 0 Å². The first-order chi connectivity index (χ1) is 15.1. The molecule has 1 fully saturated rings. The molecule has 6 nitrogen and oxygen atoms in total. The van der Waals surface area contributed by atoms with Crippen LogP contribution in [0.4, 0.5) is 4.79 Å². The van der Waals surface area contributed by atoms with Crippen molar-refractivity contribution >= 4 is 17.9 Å². The highest BCUT2D eigenvalue weighted by molar-refractivity contribution is 6.21. The molecule has 2 aliphatic rings. The van der Waals surface area contributed by atoms with E-state index in [2.05, 4.69) is 0 Å². The number of cyclic esters (lactones) is 1. The number of hydrogen-bond donors (Lipinski definition) is 0. The number of imide groups is 1. The predicted molar refractivity (Wildman–Crippen MR) is 114 cm³/mol. The molecule has 3 aromatic carbocycles. The van der Waals surface area contributed by atoms with Gasteiger partial charge >= 0.3 is 6.09 Å².